The molecule has 0 saturated heterocycles. The number of amides is 1. The van der Waals surface area contributed by atoms with Crippen molar-refractivity contribution in [3.05, 3.63) is 63.8 Å². The van der Waals surface area contributed by atoms with Crippen LogP contribution in [0.1, 0.15) is 76.5 Å². The summed E-state index contributed by atoms with van der Waals surface area (Å²) in [6.07, 6.45) is 7.62. The molecule has 0 spiro atoms. The summed E-state index contributed by atoms with van der Waals surface area (Å²) >= 11 is 2.78. The first-order valence-electron chi connectivity index (χ1n) is 13.3. The van der Waals surface area contributed by atoms with Crippen molar-refractivity contribution in [2.24, 2.45) is 0 Å². The molecule has 2 heterocycles. The highest BCUT2D eigenvalue weighted by Crippen LogP contribution is 2.38. The van der Waals surface area contributed by atoms with Gasteiger partial charge in [-0.25, -0.2) is 4.79 Å². The molecule has 1 unspecified atom stereocenters. The number of aromatic nitrogens is 3. The molecule has 10 heteroatoms. The lowest BCUT2D eigenvalue weighted by molar-refractivity contribution is -0.113. The topological polar surface area (TPSA) is 95.3 Å². The van der Waals surface area contributed by atoms with E-state index < -0.39 is 5.97 Å². The van der Waals surface area contributed by atoms with Crippen LogP contribution in [-0.2, 0) is 28.9 Å². The van der Waals surface area contributed by atoms with Gasteiger partial charge in [-0.05, 0) is 63.6 Å². The van der Waals surface area contributed by atoms with Crippen molar-refractivity contribution < 1.29 is 19.1 Å². The molecule has 39 heavy (non-hydrogen) atoms. The molecule has 0 aliphatic heterocycles. The molecule has 0 bridgehead atoms. The minimum Gasteiger partial charge on any atom is -0.482 e. The molecule has 208 valence electrons. The van der Waals surface area contributed by atoms with Crippen LogP contribution in [0.4, 0.5) is 5.00 Å². The number of ether oxygens (including phenoxy) is 2. The normalized spacial score (nSPS) is 14.1. The molecule has 8 nitrogen and oxygen atoms in total. The number of thiophene rings is 1. The van der Waals surface area contributed by atoms with Crippen LogP contribution in [0.5, 0.6) is 5.75 Å². The quantitative estimate of drug-likeness (QED) is 0.170. The summed E-state index contributed by atoms with van der Waals surface area (Å²) in [5.74, 6) is 0.952. The van der Waals surface area contributed by atoms with E-state index in [9.17, 15) is 9.59 Å². The number of aryl methyl sites for hydroxylation is 3. The van der Waals surface area contributed by atoms with E-state index >= 15 is 0 Å². The van der Waals surface area contributed by atoms with E-state index in [4.69, 9.17) is 9.47 Å². The number of rotatable bonds is 10. The highest BCUT2D eigenvalue weighted by Gasteiger charge is 2.26. The maximum Gasteiger partial charge on any atom is 0.341 e. The smallest absolute Gasteiger partial charge is 0.341 e. The molecule has 1 atom stereocenters. The van der Waals surface area contributed by atoms with Gasteiger partial charge in [0, 0.05) is 11.4 Å². The third kappa shape index (κ3) is 6.91. The number of anilines is 1. The van der Waals surface area contributed by atoms with Crippen molar-refractivity contribution in [2.45, 2.75) is 77.1 Å². The van der Waals surface area contributed by atoms with Crippen LogP contribution in [-0.4, -0.2) is 39.5 Å². The van der Waals surface area contributed by atoms with Crippen LogP contribution in [0.3, 0.4) is 0 Å². The maximum atomic E-state index is 13.0. The predicted octanol–water partition coefficient (Wildman–Crippen LogP) is 6.46. The Labute approximate surface area is 238 Å². The number of nitrogens with one attached hydrogen (secondary N) is 1. The van der Waals surface area contributed by atoms with Crippen molar-refractivity contribution in [1.82, 2.24) is 14.8 Å². The Bertz CT molecular complexity index is 1350. The highest BCUT2D eigenvalue weighted by atomic mass is 32.2. The number of carbonyl (C=O) groups excluding carboxylic acids is 2. The van der Waals surface area contributed by atoms with Gasteiger partial charge in [-0.1, -0.05) is 48.4 Å². The number of carbonyl (C=O) groups is 2. The Morgan fingerprint density at radius 3 is 2.69 bits per heavy atom. The van der Waals surface area contributed by atoms with Gasteiger partial charge >= 0.3 is 5.97 Å². The lowest BCUT2D eigenvalue weighted by Crippen LogP contribution is -2.17. The van der Waals surface area contributed by atoms with E-state index in [1.165, 1.54) is 47.1 Å². The number of hydrogen-bond donors (Lipinski definition) is 1. The largest absolute Gasteiger partial charge is 0.482 e. The molecule has 2 aromatic heterocycles. The standard InChI is InChI=1S/C29H36N4O4S2/c1-6-15-33-26(20(4)37-22-14-13-18(2)16-19(22)3)31-32-29(33)38-17-24(34)30-27-25(28(35)36-5)21-11-9-7-8-10-12-23(21)39-27/h6,13-14,16,20H,1,7-12,15,17H2,2-5H3,(H,30,34). The van der Waals surface area contributed by atoms with E-state index in [0.717, 1.165) is 49.0 Å². The SMILES string of the molecule is C=CCn1c(SCC(=O)Nc2sc3c(c2C(=O)OC)CCCCCC3)nnc1C(C)Oc1ccc(C)cc1C. The van der Waals surface area contributed by atoms with Crippen LogP contribution in [0.15, 0.2) is 36.0 Å². The van der Waals surface area contributed by atoms with Crippen LogP contribution < -0.4 is 10.1 Å². The lowest BCUT2D eigenvalue weighted by atomic mass is 9.96. The predicted molar refractivity (Wildman–Crippen MR) is 156 cm³/mol. The molecule has 1 amide bonds. The zero-order valence-electron chi connectivity index (χ0n) is 23.0. The van der Waals surface area contributed by atoms with E-state index in [2.05, 4.69) is 28.2 Å². The second-order valence-corrected chi connectivity index (χ2v) is 11.8. The number of hydrogen-bond acceptors (Lipinski definition) is 8. The van der Waals surface area contributed by atoms with Gasteiger partial charge in [-0.2, -0.15) is 0 Å². The van der Waals surface area contributed by atoms with E-state index in [-0.39, 0.29) is 17.8 Å². The number of thioether (sulfide) groups is 1. The average Bonchev–Trinajstić information content (AvgIpc) is 3.44. The number of fused-ring (bicyclic) bond motifs is 1. The zero-order valence-corrected chi connectivity index (χ0v) is 24.7. The lowest BCUT2D eigenvalue weighted by Gasteiger charge is -2.17. The fourth-order valence-corrected chi connectivity index (χ4v) is 6.85. The first kappa shape index (κ1) is 28.9. The average molecular weight is 569 g/mol. The number of esters is 1. The molecule has 1 aliphatic carbocycles. The van der Waals surface area contributed by atoms with E-state index in [0.29, 0.717) is 28.1 Å². The van der Waals surface area contributed by atoms with Gasteiger partial charge in [-0.15, -0.1) is 28.1 Å². The van der Waals surface area contributed by atoms with Gasteiger partial charge in [0.15, 0.2) is 17.1 Å². The fraction of sp³-hybridized carbons (Fsp3) is 0.448. The van der Waals surface area contributed by atoms with Gasteiger partial charge in [0.1, 0.15) is 10.8 Å². The molecule has 0 saturated carbocycles. The minimum atomic E-state index is -0.399. The first-order chi connectivity index (χ1) is 18.8. The molecule has 1 aromatic carbocycles. The molecule has 3 aromatic rings. The van der Waals surface area contributed by atoms with Gasteiger partial charge < -0.3 is 14.8 Å². The third-order valence-electron chi connectivity index (χ3n) is 6.70. The molecular weight excluding hydrogens is 532 g/mol. The molecule has 0 fully saturated rings. The van der Waals surface area contributed by atoms with Crippen molar-refractivity contribution in [3.8, 4) is 5.75 Å². The summed E-state index contributed by atoms with van der Waals surface area (Å²) in [4.78, 5) is 26.9. The van der Waals surface area contributed by atoms with Gasteiger partial charge in [0.25, 0.3) is 0 Å². The Hall–Kier alpha value is -3.11. The number of allylic oxidation sites excluding steroid dienone is 1. The Morgan fingerprint density at radius 2 is 1.97 bits per heavy atom. The summed E-state index contributed by atoms with van der Waals surface area (Å²) in [6, 6.07) is 6.06. The van der Waals surface area contributed by atoms with E-state index in [1.807, 2.05) is 37.5 Å². The summed E-state index contributed by atoms with van der Waals surface area (Å²) < 4.78 is 13.2. The van der Waals surface area contributed by atoms with Gasteiger partial charge in [0.05, 0.1) is 18.4 Å². The number of benzene rings is 1. The molecule has 4 rings (SSSR count). The van der Waals surface area contributed by atoms with Crippen LogP contribution in [0, 0.1) is 13.8 Å². The second-order valence-electron chi connectivity index (χ2n) is 9.72. The highest BCUT2D eigenvalue weighted by molar-refractivity contribution is 7.99. The van der Waals surface area contributed by atoms with Gasteiger partial charge in [-0.3, -0.25) is 9.36 Å². The monoisotopic (exact) mass is 568 g/mol. The maximum absolute atomic E-state index is 13.0. The number of methoxy groups -OCH3 is 1. The van der Waals surface area contributed by atoms with Crippen molar-refractivity contribution >= 4 is 40.0 Å². The third-order valence-corrected chi connectivity index (χ3v) is 8.88. The minimum absolute atomic E-state index is 0.116. The Morgan fingerprint density at radius 1 is 1.21 bits per heavy atom. The second kappa shape index (κ2) is 13.3. The van der Waals surface area contributed by atoms with Crippen LogP contribution in [0.25, 0.3) is 0 Å². The van der Waals surface area contributed by atoms with Crippen molar-refractivity contribution in [1.29, 1.82) is 0 Å². The number of nitrogens with zero attached hydrogens (tertiary/aromatic N) is 3. The first-order valence-corrected chi connectivity index (χ1v) is 15.1. The molecule has 1 aliphatic rings. The van der Waals surface area contributed by atoms with Crippen molar-refractivity contribution in [3.63, 3.8) is 0 Å². The molecule has 0 radical (unpaired) electrons. The zero-order chi connectivity index (χ0) is 27.9. The van der Waals surface area contributed by atoms with Gasteiger partial charge in [0.2, 0.25) is 5.91 Å². The van der Waals surface area contributed by atoms with Crippen LogP contribution >= 0.6 is 23.1 Å². The summed E-state index contributed by atoms with van der Waals surface area (Å²) in [7, 11) is 1.38. The molecule has 1 N–H and O–H groups in total. The van der Waals surface area contributed by atoms with Crippen LogP contribution in [0.2, 0.25) is 0 Å². The fourth-order valence-electron chi connectivity index (χ4n) is 4.80. The Kier molecular flexibility index (Phi) is 9.85. The summed E-state index contributed by atoms with van der Waals surface area (Å²) in [5.41, 5.74) is 3.76. The summed E-state index contributed by atoms with van der Waals surface area (Å²) in [6.45, 7) is 10.3. The van der Waals surface area contributed by atoms with Crippen molar-refractivity contribution in [2.75, 3.05) is 18.2 Å². The summed E-state index contributed by atoms with van der Waals surface area (Å²) in [5, 5.41) is 12.9. The van der Waals surface area contributed by atoms with E-state index in [1.54, 1.807) is 6.08 Å². The molecular formula is C29H36N4O4S2. The Balaban J connectivity index is 1.47.